The van der Waals surface area contributed by atoms with Crippen LogP contribution in [0, 0.1) is 6.92 Å². The van der Waals surface area contributed by atoms with Crippen molar-refractivity contribution >= 4 is 33.6 Å². The predicted octanol–water partition coefficient (Wildman–Crippen LogP) is 6.05. The van der Waals surface area contributed by atoms with E-state index in [-0.39, 0.29) is 0 Å². The third-order valence-corrected chi connectivity index (χ3v) is 5.22. The molecule has 0 saturated carbocycles. The summed E-state index contributed by atoms with van der Waals surface area (Å²) in [6.45, 7) is 3.90. The molecule has 3 heteroatoms. The summed E-state index contributed by atoms with van der Waals surface area (Å²) in [4.78, 5) is 10.4. The van der Waals surface area contributed by atoms with Gasteiger partial charge in [0, 0.05) is 28.1 Å². The molecule has 0 aliphatic heterocycles. The summed E-state index contributed by atoms with van der Waals surface area (Å²) in [5, 5.41) is 2.40. The standard InChI is InChI=1S/C20H23N2S/c1-2-3-4-5-6-7-14-23-18-15-16-10-8-12-21-19(16)20-17(18)11-9-13-22-20/h8-13,15H,1-7,14H2. The lowest BCUT2D eigenvalue weighted by molar-refractivity contribution is 0.639. The van der Waals surface area contributed by atoms with Crippen LogP contribution in [-0.2, 0) is 0 Å². The molecule has 0 fully saturated rings. The second kappa shape index (κ2) is 8.30. The van der Waals surface area contributed by atoms with Crippen molar-refractivity contribution < 1.29 is 0 Å². The Kier molecular flexibility index (Phi) is 5.87. The number of aromatic nitrogens is 2. The summed E-state index contributed by atoms with van der Waals surface area (Å²) in [5.41, 5.74) is 2.02. The van der Waals surface area contributed by atoms with Gasteiger partial charge in [-0.25, -0.2) is 0 Å². The Morgan fingerprint density at radius 2 is 1.61 bits per heavy atom. The molecule has 2 heterocycles. The van der Waals surface area contributed by atoms with Crippen LogP contribution < -0.4 is 0 Å². The number of benzene rings is 1. The summed E-state index contributed by atoms with van der Waals surface area (Å²) < 4.78 is 0. The van der Waals surface area contributed by atoms with E-state index < -0.39 is 0 Å². The molecule has 2 aromatic heterocycles. The first-order valence-electron chi connectivity index (χ1n) is 8.44. The van der Waals surface area contributed by atoms with E-state index in [9.17, 15) is 0 Å². The monoisotopic (exact) mass is 323 g/mol. The first kappa shape index (κ1) is 16.3. The van der Waals surface area contributed by atoms with E-state index in [1.165, 1.54) is 53.5 Å². The second-order valence-corrected chi connectivity index (χ2v) is 6.96. The number of thioether (sulfide) groups is 1. The zero-order valence-corrected chi connectivity index (χ0v) is 14.3. The van der Waals surface area contributed by atoms with Crippen molar-refractivity contribution in [3.63, 3.8) is 0 Å². The van der Waals surface area contributed by atoms with E-state index in [1.54, 1.807) is 0 Å². The second-order valence-electron chi connectivity index (χ2n) is 5.82. The van der Waals surface area contributed by atoms with Crippen LogP contribution in [0.3, 0.4) is 0 Å². The van der Waals surface area contributed by atoms with Gasteiger partial charge < -0.3 is 0 Å². The number of nitrogens with zero attached hydrogens (tertiary/aromatic N) is 2. The zero-order valence-electron chi connectivity index (χ0n) is 13.5. The average Bonchev–Trinajstić information content (AvgIpc) is 2.61. The molecule has 0 N–H and O–H groups in total. The van der Waals surface area contributed by atoms with Crippen LogP contribution in [0.15, 0.2) is 47.6 Å². The number of unbranched alkanes of at least 4 members (excludes halogenated alkanes) is 5. The lowest BCUT2D eigenvalue weighted by Gasteiger charge is -2.09. The summed E-state index contributed by atoms with van der Waals surface area (Å²) in [7, 11) is 0. The summed E-state index contributed by atoms with van der Waals surface area (Å²) in [6, 6.07) is 10.6. The van der Waals surface area contributed by atoms with Crippen LogP contribution in [0.5, 0.6) is 0 Å². The van der Waals surface area contributed by atoms with Gasteiger partial charge in [0.1, 0.15) is 0 Å². The molecule has 119 valence electrons. The quantitative estimate of drug-likeness (QED) is 0.287. The Morgan fingerprint density at radius 3 is 2.48 bits per heavy atom. The molecular weight excluding hydrogens is 300 g/mol. The fourth-order valence-corrected chi connectivity index (χ4v) is 3.95. The fourth-order valence-electron chi connectivity index (χ4n) is 2.85. The fraction of sp³-hybridized carbons (Fsp3) is 0.350. The van der Waals surface area contributed by atoms with Gasteiger partial charge in [0.05, 0.1) is 11.0 Å². The third-order valence-electron chi connectivity index (χ3n) is 4.07. The van der Waals surface area contributed by atoms with E-state index >= 15 is 0 Å². The van der Waals surface area contributed by atoms with E-state index in [2.05, 4.69) is 35.1 Å². The van der Waals surface area contributed by atoms with E-state index in [1.807, 2.05) is 36.3 Å². The Labute approximate surface area is 142 Å². The molecule has 2 nitrogen and oxygen atoms in total. The van der Waals surface area contributed by atoms with Crippen LogP contribution in [0.25, 0.3) is 21.8 Å². The minimum atomic E-state index is 1.00. The van der Waals surface area contributed by atoms with Gasteiger partial charge in [0.2, 0.25) is 0 Å². The Hall–Kier alpha value is -1.61. The normalized spacial score (nSPS) is 11.3. The molecule has 0 spiro atoms. The van der Waals surface area contributed by atoms with Gasteiger partial charge in [-0.1, -0.05) is 51.2 Å². The van der Waals surface area contributed by atoms with Crippen molar-refractivity contribution in [2.24, 2.45) is 0 Å². The Morgan fingerprint density at radius 1 is 0.870 bits per heavy atom. The van der Waals surface area contributed by atoms with E-state index in [0.717, 1.165) is 17.5 Å². The average molecular weight is 323 g/mol. The van der Waals surface area contributed by atoms with Crippen molar-refractivity contribution in [1.82, 2.24) is 9.97 Å². The molecule has 0 atom stereocenters. The van der Waals surface area contributed by atoms with E-state index in [0.29, 0.717) is 0 Å². The van der Waals surface area contributed by atoms with Crippen LogP contribution in [-0.4, -0.2) is 15.7 Å². The van der Waals surface area contributed by atoms with Crippen LogP contribution >= 0.6 is 11.8 Å². The maximum absolute atomic E-state index is 4.57. The Bertz CT molecular complexity index is 770. The highest BCUT2D eigenvalue weighted by Gasteiger charge is 2.08. The molecule has 23 heavy (non-hydrogen) atoms. The van der Waals surface area contributed by atoms with Crippen LogP contribution in [0.4, 0.5) is 0 Å². The number of hydrogen-bond donors (Lipinski definition) is 0. The highest BCUT2D eigenvalue weighted by molar-refractivity contribution is 7.99. The molecule has 0 aliphatic carbocycles. The summed E-state index contributed by atoms with van der Waals surface area (Å²) >= 11 is 1.95. The molecule has 0 saturated heterocycles. The minimum Gasteiger partial charge on any atom is -0.254 e. The highest BCUT2D eigenvalue weighted by Crippen LogP contribution is 2.32. The number of rotatable bonds is 8. The molecule has 0 unspecified atom stereocenters. The smallest absolute Gasteiger partial charge is 0.0975 e. The van der Waals surface area contributed by atoms with Gasteiger partial charge in [-0.2, -0.15) is 0 Å². The van der Waals surface area contributed by atoms with Gasteiger partial charge >= 0.3 is 0 Å². The molecule has 3 rings (SSSR count). The van der Waals surface area contributed by atoms with E-state index in [4.69, 9.17) is 0 Å². The maximum atomic E-state index is 4.57. The van der Waals surface area contributed by atoms with Crippen molar-refractivity contribution in [2.45, 2.75) is 43.4 Å². The molecule has 0 aliphatic rings. The number of pyridine rings is 2. The minimum absolute atomic E-state index is 1.00. The molecule has 0 amide bonds. The van der Waals surface area contributed by atoms with Gasteiger partial charge in [-0.15, -0.1) is 11.8 Å². The van der Waals surface area contributed by atoms with Gasteiger partial charge in [0.15, 0.2) is 0 Å². The van der Waals surface area contributed by atoms with Crippen molar-refractivity contribution in [3.8, 4) is 0 Å². The zero-order chi connectivity index (χ0) is 15.9. The molecule has 3 aromatic rings. The maximum Gasteiger partial charge on any atom is 0.0975 e. The van der Waals surface area contributed by atoms with Crippen molar-refractivity contribution in [1.29, 1.82) is 0 Å². The molecule has 1 radical (unpaired) electrons. The first-order chi connectivity index (χ1) is 11.4. The van der Waals surface area contributed by atoms with Gasteiger partial charge in [-0.3, -0.25) is 9.97 Å². The molecular formula is C20H23N2S. The molecule has 1 aromatic carbocycles. The predicted molar refractivity (Wildman–Crippen MR) is 101 cm³/mol. The number of fused-ring (bicyclic) bond motifs is 3. The third kappa shape index (κ3) is 4.03. The summed E-state index contributed by atoms with van der Waals surface area (Å²) in [6.07, 6.45) is 11.3. The van der Waals surface area contributed by atoms with Crippen LogP contribution in [0.1, 0.15) is 38.5 Å². The lowest BCUT2D eigenvalue weighted by atomic mass is 10.1. The van der Waals surface area contributed by atoms with Gasteiger partial charge in [-0.05, 0) is 30.4 Å². The highest BCUT2D eigenvalue weighted by atomic mass is 32.2. The SMILES string of the molecule is [CH2]CCCCCCCSc1cc2cccnc2c2ncccc12. The topological polar surface area (TPSA) is 25.8 Å². The lowest BCUT2D eigenvalue weighted by Crippen LogP contribution is -1.88. The van der Waals surface area contributed by atoms with Crippen molar-refractivity contribution in [3.05, 3.63) is 49.6 Å². The number of hydrogen-bond acceptors (Lipinski definition) is 3. The van der Waals surface area contributed by atoms with Gasteiger partial charge in [0.25, 0.3) is 0 Å². The van der Waals surface area contributed by atoms with Crippen molar-refractivity contribution in [2.75, 3.05) is 5.75 Å². The summed E-state index contributed by atoms with van der Waals surface area (Å²) in [5.74, 6) is 1.17. The molecule has 0 bridgehead atoms. The largest absolute Gasteiger partial charge is 0.254 e. The first-order valence-corrected chi connectivity index (χ1v) is 9.43. The Balaban J connectivity index is 1.72. The van der Waals surface area contributed by atoms with Crippen LogP contribution in [0.2, 0.25) is 0 Å².